The van der Waals surface area contributed by atoms with E-state index in [-0.39, 0.29) is 11.9 Å². The summed E-state index contributed by atoms with van der Waals surface area (Å²) in [5.41, 5.74) is 1.53. The smallest absolute Gasteiger partial charge is 0.246 e. The molecule has 0 aliphatic carbocycles. The number of amides is 1. The molecule has 0 heterocycles. The molecule has 0 saturated heterocycles. The van der Waals surface area contributed by atoms with E-state index in [0.29, 0.717) is 15.7 Å². The highest BCUT2D eigenvalue weighted by Gasteiger charge is 2.19. The van der Waals surface area contributed by atoms with Crippen molar-refractivity contribution in [1.82, 2.24) is 0 Å². The Morgan fingerprint density at radius 3 is 2.43 bits per heavy atom. The largest absolute Gasteiger partial charge is 0.363 e. The second-order valence-electron chi connectivity index (χ2n) is 4.74. The molecule has 0 bridgehead atoms. The van der Waals surface area contributed by atoms with E-state index in [1.165, 1.54) is 0 Å². The molecule has 110 valence electrons. The Bertz CT molecular complexity index is 631. The molecule has 21 heavy (non-hydrogen) atoms. The van der Waals surface area contributed by atoms with Crippen LogP contribution in [0.2, 0.25) is 10.0 Å². The minimum Gasteiger partial charge on any atom is -0.363 e. The number of likely N-dealkylation sites (N-methyl/N-ethyl adjacent to an activating group) is 1. The molecule has 0 aliphatic heterocycles. The third-order valence-electron chi connectivity index (χ3n) is 3.31. The summed E-state index contributed by atoms with van der Waals surface area (Å²) in [5, 5.41) is 3.77. The highest BCUT2D eigenvalue weighted by molar-refractivity contribution is 6.36. The molecule has 0 aromatic heterocycles. The van der Waals surface area contributed by atoms with Crippen LogP contribution in [0.4, 0.5) is 11.4 Å². The lowest BCUT2D eigenvalue weighted by Gasteiger charge is -2.26. The van der Waals surface area contributed by atoms with Gasteiger partial charge in [0.15, 0.2) is 0 Å². The van der Waals surface area contributed by atoms with Gasteiger partial charge >= 0.3 is 0 Å². The second-order valence-corrected chi connectivity index (χ2v) is 5.58. The number of hydrogen-bond donors (Lipinski definition) is 1. The molecule has 1 amide bonds. The number of para-hydroxylation sites is 1. The zero-order chi connectivity index (χ0) is 15.4. The minimum absolute atomic E-state index is 0.134. The summed E-state index contributed by atoms with van der Waals surface area (Å²) in [6.07, 6.45) is 0. The number of benzene rings is 2. The summed E-state index contributed by atoms with van der Waals surface area (Å²) in [4.78, 5) is 14.2. The molecule has 0 fully saturated rings. The van der Waals surface area contributed by atoms with Crippen LogP contribution in [0.25, 0.3) is 0 Å². The van der Waals surface area contributed by atoms with Crippen molar-refractivity contribution in [2.45, 2.75) is 13.0 Å². The summed E-state index contributed by atoms with van der Waals surface area (Å²) in [6, 6.07) is 14.4. The van der Waals surface area contributed by atoms with Crippen molar-refractivity contribution in [2.75, 3.05) is 17.3 Å². The molecular weight excluding hydrogens is 307 g/mol. The van der Waals surface area contributed by atoms with Crippen molar-refractivity contribution in [2.24, 2.45) is 0 Å². The van der Waals surface area contributed by atoms with Crippen molar-refractivity contribution in [3.05, 3.63) is 58.6 Å². The fourth-order valence-corrected chi connectivity index (χ4v) is 2.35. The van der Waals surface area contributed by atoms with E-state index in [2.05, 4.69) is 5.32 Å². The van der Waals surface area contributed by atoms with Crippen LogP contribution in [0.3, 0.4) is 0 Å². The van der Waals surface area contributed by atoms with Gasteiger partial charge in [-0.1, -0.05) is 41.4 Å². The average Bonchev–Trinajstić information content (AvgIpc) is 2.49. The Labute approximate surface area is 134 Å². The van der Waals surface area contributed by atoms with Gasteiger partial charge < -0.3 is 10.2 Å². The Kier molecular flexibility index (Phi) is 5.10. The van der Waals surface area contributed by atoms with Crippen LogP contribution in [0.1, 0.15) is 6.92 Å². The Hall–Kier alpha value is -1.71. The van der Waals surface area contributed by atoms with Crippen LogP contribution in [0, 0.1) is 0 Å². The lowest BCUT2D eigenvalue weighted by Crippen LogP contribution is -2.39. The van der Waals surface area contributed by atoms with E-state index in [9.17, 15) is 4.79 Å². The van der Waals surface area contributed by atoms with E-state index in [0.717, 1.165) is 5.69 Å². The number of halogens is 2. The first kappa shape index (κ1) is 15.7. The van der Waals surface area contributed by atoms with E-state index in [1.54, 1.807) is 18.2 Å². The standard InChI is InChI=1S/C16H16Cl2N2O/c1-11(20(2)13-6-4-3-5-7-13)16(21)19-15-9-8-12(17)10-14(15)18/h3-11H,1-2H3,(H,19,21)/t11-/m1/s1. The number of carbonyl (C=O) groups is 1. The molecule has 2 aromatic rings. The third kappa shape index (κ3) is 3.90. The maximum absolute atomic E-state index is 12.3. The fourth-order valence-electron chi connectivity index (χ4n) is 1.89. The fraction of sp³-hybridized carbons (Fsp3) is 0.188. The Balaban J connectivity index is 2.09. The average molecular weight is 323 g/mol. The van der Waals surface area contributed by atoms with Gasteiger partial charge in [0.05, 0.1) is 10.7 Å². The molecule has 2 rings (SSSR count). The van der Waals surface area contributed by atoms with Gasteiger partial charge in [-0.05, 0) is 37.3 Å². The molecular formula is C16H16Cl2N2O. The van der Waals surface area contributed by atoms with Crippen molar-refractivity contribution in [3.63, 3.8) is 0 Å². The number of rotatable bonds is 4. The van der Waals surface area contributed by atoms with Crippen LogP contribution in [0.5, 0.6) is 0 Å². The number of nitrogens with one attached hydrogen (secondary N) is 1. The summed E-state index contributed by atoms with van der Waals surface area (Å²) >= 11 is 11.9. The van der Waals surface area contributed by atoms with Crippen molar-refractivity contribution in [1.29, 1.82) is 0 Å². The Morgan fingerprint density at radius 1 is 1.14 bits per heavy atom. The van der Waals surface area contributed by atoms with Gasteiger partial charge in [-0.3, -0.25) is 4.79 Å². The van der Waals surface area contributed by atoms with Crippen molar-refractivity contribution >= 4 is 40.5 Å². The highest BCUT2D eigenvalue weighted by atomic mass is 35.5. The van der Waals surface area contributed by atoms with Crippen molar-refractivity contribution in [3.8, 4) is 0 Å². The molecule has 0 aliphatic rings. The summed E-state index contributed by atoms with van der Waals surface area (Å²) in [5.74, 6) is -0.134. The highest BCUT2D eigenvalue weighted by Crippen LogP contribution is 2.26. The van der Waals surface area contributed by atoms with E-state index >= 15 is 0 Å². The maximum Gasteiger partial charge on any atom is 0.246 e. The molecule has 2 aromatic carbocycles. The van der Waals surface area contributed by atoms with Gasteiger partial charge in [0.25, 0.3) is 0 Å². The minimum atomic E-state index is -0.334. The summed E-state index contributed by atoms with van der Waals surface area (Å²) in [7, 11) is 1.88. The number of carbonyl (C=O) groups excluding carboxylic acids is 1. The molecule has 1 atom stereocenters. The normalized spacial score (nSPS) is 11.8. The predicted octanol–water partition coefficient (Wildman–Crippen LogP) is 4.46. The van der Waals surface area contributed by atoms with Crippen LogP contribution in [-0.2, 0) is 4.79 Å². The zero-order valence-electron chi connectivity index (χ0n) is 11.8. The molecule has 0 unspecified atom stereocenters. The lowest BCUT2D eigenvalue weighted by atomic mass is 10.2. The predicted molar refractivity (Wildman–Crippen MR) is 89.4 cm³/mol. The zero-order valence-corrected chi connectivity index (χ0v) is 13.3. The van der Waals surface area contributed by atoms with Gasteiger partial charge in [0, 0.05) is 17.8 Å². The molecule has 5 heteroatoms. The molecule has 0 radical (unpaired) electrons. The summed E-state index contributed by atoms with van der Waals surface area (Å²) < 4.78 is 0. The number of nitrogens with zero attached hydrogens (tertiary/aromatic N) is 1. The first-order valence-corrected chi connectivity index (χ1v) is 7.28. The Morgan fingerprint density at radius 2 is 1.81 bits per heavy atom. The van der Waals surface area contributed by atoms with Crippen LogP contribution < -0.4 is 10.2 Å². The molecule has 3 nitrogen and oxygen atoms in total. The van der Waals surface area contributed by atoms with E-state index in [1.807, 2.05) is 49.2 Å². The first-order valence-electron chi connectivity index (χ1n) is 6.53. The van der Waals surface area contributed by atoms with Gasteiger partial charge in [-0.2, -0.15) is 0 Å². The monoisotopic (exact) mass is 322 g/mol. The van der Waals surface area contributed by atoms with E-state index in [4.69, 9.17) is 23.2 Å². The van der Waals surface area contributed by atoms with Crippen LogP contribution in [0.15, 0.2) is 48.5 Å². The van der Waals surface area contributed by atoms with Gasteiger partial charge in [-0.25, -0.2) is 0 Å². The van der Waals surface area contributed by atoms with E-state index < -0.39 is 0 Å². The molecule has 1 N–H and O–H groups in total. The quantitative estimate of drug-likeness (QED) is 0.901. The third-order valence-corrected chi connectivity index (χ3v) is 3.86. The maximum atomic E-state index is 12.3. The number of anilines is 2. The summed E-state index contributed by atoms with van der Waals surface area (Å²) in [6.45, 7) is 1.84. The second kappa shape index (κ2) is 6.83. The first-order chi connectivity index (χ1) is 9.99. The van der Waals surface area contributed by atoms with Gasteiger partial charge in [-0.15, -0.1) is 0 Å². The number of hydrogen-bond acceptors (Lipinski definition) is 2. The van der Waals surface area contributed by atoms with Gasteiger partial charge in [0.1, 0.15) is 6.04 Å². The van der Waals surface area contributed by atoms with Crippen LogP contribution in [-0.4, -0.2) is 19.0 Å². The van der Waals surface area contributed by atoms with Crippen molar-refractivity contribution < 1.29 is 4.79 Å². The SMILES string of the molecule is C[C@H](C(=O)Nc1ccc(Cl)cc1Cl)N(C)c1ccccc1. The van der Waals surface area contributed by atoms with Crippen LogP contribution >= 0.6 is 23.2 Å². The van der Waals surface area contributed by atoms with Gasteiger partial charge in [0.2, 0.25) is 5.91 Å². The molecule has 0 saturated carbocycles. The lowest BCUT2D eigenvalue weighted by molar-refractivity contribution is -0.117. The molecule has 0 spiro atoms. The topological polar surface area (TPSA) is 32.3 Å².